The molecular weight excluding hydrogens is 320 g/mol. The molecule has 0 aromatic heterocycles. The Balaban J connectivity index is 1.53. The second-order valence-electron chi connectivity index (χ2n) is 6.61. The first-order valence-corrected chi connectivity index (χ1v) is 8.48. The lowest BCUT2D eigenvalue weighted by Crippen LogP contribution is -2.32. The van der Waals surface area contributed by atoms with Gasteiger partial charge in [-0.15, -0.1) is 0 Å². The Labute approximate surface area is 146 Å². The van der Waals surface area contributed by atoms with E-state index in [0.717, 1.165) is 42.9 Å². The third-order valence-electron chi connectivity index (χ3n) is 5.11. The summed E-state index contributed by atoms with van der Waals surface area (Å²) in [6, 6.07) is 11.4. The second kappa shape index (κ2) is 6.37. The van der Waals surface area contributed by atoms with Crippen LogP contribution in [-0.4, -0.2) is 30.2 Å². The van der Waals surface area contributed by atoms with Gasteiger partial charge in [0.05, 0.1) is 4.92 Å². The molecule has 0 fully saturated rings. The lowest BCUT2D eigenvalue weighted by molar-refractivity contribution is -0.384. The summed E-state index contributed by atoms with van der Waals surface area (Å²) in [6.45, 7) is 1.30. The Kier molecular flexibility index (Phi) is 4.05. The number of nitro benzene ring substituents is 1. The lowest BCUT2D eigenvalue weighted by Gasteiger charge is -2.35. The first kappa shape index (κ1) is 15.9. The van der Waals surface area contributed by atoms with Crippen molar-refractivity contribution < 1.29 is 14.4 Å². The Morgan fingerprint density at radius 3 is 2.64 bits per heavy atom. The van der Waals surface area contributed by atoms with Crippen LogP contribution >= 0.6 is 0 Å². The van der Waals surface area contributed by atoms with Crippen LogP contribution in [0, 0.1) is 10.1 Å². The Morgan fingerprint density at radius 1 is 1.20 bits per heavy atom. The SMILES string of the molecule is CN1CCc2cc3c(cc2C1CCc1ccc([N+](=O)[O-])cc1)OCO3. The van der Waals surface area contributed by atoms with Gasteiger partial charge < -0.3 is 9.47 Å². The van der Waals surface area contributed by atoms with Crippen LogP contribution < -0.4 is 9.47 Å². The molecule has 0 spiro atoms. The highest BCUT2D eigenvalue weighted by Crippen LogP contribution is 2.41. The summed E-state index contributed by atoms with van der Waals surface area (Å²) >= 11 is 0. The van der Waals surface area contributed by atoms with E-state index in [-0.39, 0.29) is 10.6 Å². The zero-order chi connectivity index (χ0) is 17.4. The van der Waals surface area contributed by atoms with Crippen LogP contribution in [0.5, 0.6) is 11.5 Å². The molecule has 130 valence electrons. The van der Waals surface area contributed by atoms with Crippen molar-refractivity contribution in [3.8, 4) is 11.5 Å². The molecule has 0 radical (unpaired) electrons. The van der Waals surface area contributed by atoms with E-state index in [1.807, 2.05) is 12.1 Å². The van der Waals surface area contributed by atoms with Gasteiger partial charge in [0.25, 0.3) is 5.69 Å². The molecule has 0 saturated heterocycles. The fourth-order valence-corrected chi connectivity index (χ4v) is 3.68. The number of hydrogen-bond donors (Lipinski definition) is 0. The van der Waals surface area contributed by atoms with Crippen molar-refractivity contribution >= 4 is 5.69 Å². The predicted molar refractivity (Wildman–Crippen MR) is 93.1 cm³/mol. The van der Waals surface area contributed by atoms with Gasteiger partial charge in [-0.3, -0.25) is 15.0 Å². The highest BCUT2D eigenvalue weighted by Gasteiger charge is 2.28. The van der Waals surface area contributed by atoms with Gasteiger partial charge in [0.15, 0.2) is 11.5 Å². The molecule has 0 aliphatic carbocycles. The van der Waals surface area contributed by atoms with Gasteiger partial charge in [-0.1, -0.05) is 12.1 Å². The summed E-state index contributed by atoms with van der Waals surface area (Å²) in [7, 11) is 2.15. The van der Waals surface area contributed by atoms with Crippen LogP contribution in [0.2, 0.25) is 0 Å². The average molecular weight is 340 g/mol. The van der Waals surface area contributed by atoms with Crippen LogP contribution in [-0.2, 0) is 12.8 Å². The van der Waals surface area contributed by atoms with E-state index in [1.54, 1.807) is 12.1 Å². The summed E-state index contributed by atoms with van der Waals surface area (Å²) in [6.07, 6.45) is 2.85. The number of benzene rings is 2. The first-order chi connectivity index (χ1) is 12.1. The minimum atomic E-state index is -0.364. The maximum absolute atomic E-state index is 10.8. The smallest absolute Gasteiger partial charge is 0.269 e. The molecule has 2 aromatic carbocycles. The molecule has 6 nitrogen and oxygen atoms in total. The number of nitrogens with zero attached hydrogens (tertiary/aromatic N) is 2. The van der Waals surface area contributed by atoms with Crippen LogP contribution in [0.15, 0.2) is 36.4 Å². The minimum Gasteiger partial charge on any atom is -0.454 e. The zero-order valence-electron chi connectivity index (χ0n) is 14.1. The molecule has 0 saturated carbocycles. The van der Waals surface area contributed by atoms with Gasteiger partial charge in [-0.2, -0.15) is 0 Å². The molecule has 6 heteroatoms. The van der Waals surface area contributed by atoms with Gasteiger partial charge in [0, 0.05) is 24.7 Å². The van der Waals surface area contributed by atoms with E-state index in [0.29, 0.717) is 12.8 Å². The number of ether oxygens (including phenoxy) is 2. The van der Waals surface area contributed by atoms with E-state index >= 15 is 0 Å². The Bertz CT molecular complexity index is 804. The van der Waals surface area contributed by atoms with Gasteiger partial charge >= 0.3 is 0 Å². The highest BCUT2D eigenvalue weighted by atomic mass is 16.7. The molecule has 1 atom stereocenters. The van der Waals surface area contributed by atoms with Crippen molar-refractivity contribution in [3.05, 3.63) is 63.2 Å². The van der Waals surface area contributed by atoms with Crippen LogP contribution in [0.3, 0.4) is 0 Å². The number of rotatable bonds is 4. The predicted octanol–water partition coefficient (Wildman–Crippen LogP) is 3.49. The first-order valence-electron chi connectivity index (χ1n) is 8.48. The Morgan fingerprint density at radius 2 is 1.92 bits per heavy atom. The number of non-ortho nitro benzene ring substituents is 1. The molecular formula is C19H20N2O4. The van der Waals surface area contributed by atoms with Gasteiger partial charge in [-0.25, -0.2) is 0 Å². The van der Waals surface area contributed by atoms with Gasteiger partial charge in [0.2, 0.25) is 6.79 Å². The lowest BCUT2D eigenvalue weighted by atomic mass is 9.89. The molecule has 1 unspecified atom stereocenters. The fraction of sp³-hybridized carbons (Fsp3) is 0.368. The average Bonchev–Trinajstić information content (AvgIpc) is 3.07. The molecule has 2 aliphatic rings. The van der Waals surface area contributed by atoms with E-state index in [4.69, 9.17) is 9.47 Å². The van der Waals surface area contributed by atoms with E-state index in [2.05, 4.69) is 24.1 Å². The molecule has 0 amide bonds. The van der Waals surface area contributed by atoms with Crippen molar-refractivity contribution in [1.29, 1.82) is 0 Å². The standard InChI is InChI=1S/C19H20N2O4/c1-20-9-8-14-10-18-19(25-12-24-18)11-16(14)17(20)7-4-13-2-5-15(6-3-13)21(22)23/h2-3,5-6,10-11,17H,4,7-9,12H2,1H3. The molecule has 2 aromatic rings. The number of aryl methyl sites for hydroxylation is 1. The third-order valence-corrected chi connectivity index (χ3v) is 5.11. The van der Waals surface area contributed by atoms with Crippen molar-refractivity contribution in [2.24, 2.45) is 0 Å². The van der Waals surface area contributed by atoms with E-state index < -0.39 is 0 Å². The number of likely N-dealkylation sites (N-methyl/N-ethyl adjacent to an activating group) is 1. The molecule has 0 bridgehead atoms. The second-order valence-corrected chi connectivity index (χ2v) is 6.61. The Hall–Kier alpha value is -2.60. The number of hydrogen-bond acceptors (Lipinski definition) is 5. The third kappa shape index (κ3) is 3.05. The maximum atomic E-state index is 10.8. The van der Waals surface area contributed by atoms with E-state index in [1.165, 1.54) is 11.1 Å². The fourth-order valence-electron chi connectivity index (χ4n) is 3.68. The van der Waals surface area contributed by atoms with Gasteiger partial charge in [-0.05, 0) is 55.1 Å². The van der Waals surface area contributed by atoms with E-state index in [9.17, 15) is 10.1 Å². The van der Waals surface area contributed by atoms with Crippen molar-refractivity contribution in [3.63, 3.8) is 0 Å². The van der Waals surface area contributed by atoms with Crippen molar-refractivity contribution in [2.75, 3.05) is 20.4 Å². The number of nitro groups is 1. The highest BCUT2D eigenvalue weighted by molar-refractivity contribution is 5.50. The molecule has 2 heterocycles. The molecule has 25 heavy (non-hydrogen) atoms. The number of fused-ring (bicyclic) bond motifs is 2. The molecule has 4 rings (SSSR count). The van der Waals surface area contributed by atoms with Crippen molar-refractivity contribution in [2.45, 2.75) is 25.3 Å². The summed E-state index contributed by atoms with van der Waals surface area (Å²) in [5, 5.41) is 10.8. The molecule has 0 N–H and O–H groups in total. The minimum absolute atomic E-state index is 0.136. The van der Waals surface area contributed by atoms with Crippen molar-refractivity contribution in [1.82, 2.24) is 4.90 Å². The summed E-state index contributed by atoms with van der Waals surface area (Å²) in [5.74, 6) is 1.67. The largest absolute Gasteiger partial charge is 0.454 e. The monoisotopic (exact) mass is 340 g/mol. The van der Waals surface area contributed by atoms with Crippen LogP contribution in [0.25, 0.3) is 0 Å². The topological polar surface area (TPSA) is 64.8 Å². The normalized spacial score (nSPS) is 18.8. The summed E-state index contributed by atoms with van der Waals surface area (Å²) < 4.78 is 11.0. The maximum Gasteiger partial charge on any atom is 0.269 e. The summed E-state index contributed by atoms with van der Waals surface area (Å²) in [4.78, 5) is 12.8. The summed E-state index contributed by atoms with van der Waals surface area (Å²) in [5.41, 5.74) is 3.89. The van der Waals surface area contributed by atoms with Crippen LogP contribution in [0.1, 0.15) is 29.2 Å². The van der Waals surface area contributed by atoms with Crippen LogP contribution in [0.4, 0.5) is 5.69 Å². The quantitative estimate of drug-likeness (QED) is 0.630. The van der Waals surface area contributed by atoms with Gasteiger partial charge in [0.1, 0.15) is 0 Å². The molecule has 2 aliphatic heterocycles. The zero-order valence-corrected chi connectivity index (χ0v) is 14.1.